The Labute approximate surface area is 175 Å². The number of nitrogens with two attached hydrogens (primary N) is 1. The topological polar surface area (TPSA) is 92.0 Å². The Morgan fingerprint density at radius 2 is 1.50 bits per heavy atom. The zero-order valence-electron chi connectivity index (χ0n) is 16.5. The minimum Gasteiger partial charge on any atom is -0.392 e. The largest absolute Gasteiger partial charge is 0.392 e. The minimum absolute atomic E-state index is 0.127. The molecule has 1 aliphatic carbocycles. The normalized spacial score (nSPS) is 12.7. The van der Waals surface area contributed by atoms with Crippen molar-refractivity contribution < 1.29 is 9.90 Å². The summed E-state index contributed by atoms with van der Waals surface area (Å²) in [7, 11) is 0. The second-order valence-electron chi connectivity index (χ2n) is 7.27. The summed E-state index contributed by atoms with van der Waals surface area (Å²) in [6, 6.07) is 27.2. The lowest BCUT2D eigenvalue weighted by atomic mass is 10.0. The second-order valence-corrected chi connectivity index (χ2v) is 7.27. The van der Waals surface area contributed by atoms with Crippen LogP contribution < -0.4 is 5.73 Å². The summed E-state index contributed by atoms with van der Waals surface area (Å²) in [5, 5.41) is 16.5. The van der Waals surface area contributed by atoms with Crippen LogP contribution in [-0.4, -0.2) is 27.3 Å². The Hall–Kier alpha value is -3.70. The quantitative estimate of drug-likeness (QED) is 0.488. The first-order chi connectivity index (χ1) is 14.6. The van der Waals surface area contributed by atoms with Crippen molar-refractivity contribution in [3.05, 3.63) is 102 Å². The van der Waals surface area contributed by atoms with E-state index in [2.05, 4.69) is 22.3 Å². The molecule has 0 radical (unpaired) electrons. The standard InChI is InChI=1S/C16H13N3O.C9H10O/c17-16(20)13-9-5-4-8-12(13)15-10-14(18-19-15)11-6-2-1-3-7-11;10-9-5-7-3-1-2-4-8(7)6-9/h1-10H,(H2,17,20)(H,18,19);1-4,9-10H,5-6H2. The number of H-pyrrole nitrogens is 1. The lowest BCUT2D eigenvalue weighted by Crippen LogP contribution is -2.12. The van der Waals surface area contributed by atoms with E-state index in [4.69, 9.17) is 5.73 Å². The molecule has 0 fully saturated rings. The Morgan fingerprint density at radius 3 is 2.17 bits per heavy atom. The number of carbonyl (C=O) groups is 1. The molecule has 0 spiro atoms. The van der Waals surface area contributed by atoms with Crippen molar-refractivity contribution in [2.75, 3.05) is 0 Å². The molecule has 0 atom stereocenters. The number of hydrogen-bond donors (Lipinski definition) is 3. The molecular formula is C25H23N3O2. The molecule has 0 saturated heterocycles. The second kappa shape index (κ2) is 8.76. The number of fused-ring (bicyclic) bond motifs is 1. The van der Waals surface area contributed by atoms with Crippen LogP contribution in [0.1, 0.15) is 21.5 Å². The van der Waals surface area contributed by atoms with E-state index in [0.29, 0.717) is 5.56 Å². The number of amides is 1. The summed E-state index contributed by atoms with van der Waals surface area (Å²) >= 11 is 0. The third-order valence-corrected chi connectivity index (χ3v) is 5.16. The highest BCUT2D eigenvalue weighted by Gasteiger charge is 2.17. The van der Waals surface area contributed by atoms with Crippen LogP contribution in [0.15, 0.2) is 84.9 Å². The summed E-state index contributed by atoms with van der Waals surface area (Å²) in [6.07, 6.45) is 1.56. The molecule has 1 heterocycles. The molecule has 4 aromatic rings. The van der Waals surface area contributed by atoms with Gasteiger partial charge in [-0.3, -0.25) is 9.89 Å². The van der Waals surface area contributed by atoms with Gasteiger partial charge in [0.05, 0.1) is 17.5 Å². The monoisotopic (exact) mass is 397 g/mol. The van der Waals surface area contributed by atoms with Crippen molar-refractivity contribution in [3.8, 4) is 22.5 Å². The van der Waals surface area contributed by atoms with Crippen molar-refractivity contribution in [1.82, 2.24) is 10.2 Å². The molecule has 150 valence electrons. The maximum atomic E-state index is 11.5. The Bertz CT molecular complexity index is 1130. The smallest absolute Gasteiger partial charge is 0.249 e. The molecule has 30 heavy (non-hydrogen) atoms. The van der Waals surface area contributed by atoms with E-state index >= 15 is 0 Å². The van der Waals surface area contributed by atoms with Crippen molar-refractivity contribution in [1.29, 1.82) is 0 Å². The first-order valence-corrected chi connectivity index (χ1v) is 9.86. The van der Waals surface area contributed by atoms with Gasteiger partial charge in [-0.1, -0.05) is 72.8 Å². The van der Waals surface area contributed by atoms with Crippen molar-refractivity contribution in [2.24, 2.45) is 5.73 Å². The summed E-state index contributed by atoms with van der Waals surface area (Å²) in [5.41, 5.74) is 11.9. The molecule has 5 heteroatoms. The average Bonchev–Trinajstić information content (AvgIpc) is 3.41. The molecule has 0 bridgehead atoms. The number of hydrogen-bond acceptors (Lipinski definition) is 3. The number of benzene rings is 3. The van der Waals surface area contributed by atoms with Gasteiger partial charge in [-0.15, -0.1) is 0 Å². The van der Waals surface area contributed by atoms with Gasteiger partial charge in [0.1, 0.15) is 0 Å². The highest BCUT2D eigenvalue weighted by Crippen LogP contribution is 2.26. The number of nitrogens with one attached hydrogen (secondary N) is 1. The molecule has 5 rings (SSSR count). The summed E-state index contributed by atoms with van der Waals surface area (Å²) < 4.78 is 0. The van der Waals surface area contributed by atoms with Crippen LogP contribution in [0.4, 0.5) is 0 Å². The van der Waals surface area contributed by atoms with E-state index in [1.165, 1.54) is 11.1 Å². The number of aliphatic hydroxyl groups is 1. The van der Waals surface area contributed by atoms with Crippen LogP contribution >= 0.6 is 0 Å². The number of aliphatic hydroxyl groups excluding tert-OH is 1. The van der Waals surface area contributed by atoms with Gasteiger partial charge in [-0.2, -0.15) is 5.10 Å². The number of primary amides is 1. The maximum Gasteiger partial charge on any atom is 0.249 e. The fraction of sp³-hybridized carbons (Fsp3) is 0.120. The number of aromatic nitrogens is 2. The van der Waals surface area contributed by atoms with E-state index in [1.807, 2.05) is 60.7 Å². The lowest BCUT2D eigenvalue weighted by Gasteiger charge is -2.02. The predicted molar refractivity (Wildman–Crippen MR) is 118 cm³/mol. The minimum atomic E-state index is -0.448. The number of rotatable bonds is 3. The highest BCUT2D eigenvalue weighted by atomic mass is 16.3. The van der Waals surface area contributed by atoms with Crippen molar-refractivity contribution >= 4 is 5.91 Å². The molecular weight excluding hydrogens is 374 g/mol. The van der Waals surface area contributed by atoms with Gasteiger partial charge in [0.15, 0.2) is 0 Å². The van der Waals surface area contributed by atoms with E-state index < -0.39 is 5.91 Å². The van der Waals surface area contributed by atoms with Crippen LogP contribution in [0.2, 0.25) is 0 Å². The molecule has 3 aromatic carbocycles. The average molecular weight is 397 g/mol. The van der Waals surface area contributed by atoms with E-state index in [9.17, 15) is 9.90 Å². The zero-order chi connectivity index (χ0) is 20.9. The molecule has 0 saturated carbocycles. The first-order valence-electron chi connectivity index (χ1n) is 9.86. The molecule has 1 amide bonds. The van der Waals surface area contributed by atoms with Crippen LogP contribution in [-0.2, 0) is 12.8 Å². The van der Waals surface area contributed by atoms with Crippen LogP contribution in [0, 0.1) is 0 Å². The van der Waals surface area contributed by atoms with Crippen LogP contribution in [0.25, 0.3) is 22.5 Å². The van der Waals surface area contributed by atoms with E-state index in [0.717, 1.165) is 35.4 Å². The van der Waals surface area contributed by atoms with Gasteiger partial charge in [0.2, 0.25) is 5.91 Å². The first kappa shape index (κ1) is 19.6. The molecule has 1 aromatic heterocycles. The maximum absolute atomic E-state index is 11.5. The molecule has 4 N–H and O–H groups in total. The third-order valence-electron chi connectivity index (χ3n) is 5.16. The van der Waals surface area contributed by atoms with Gasteiger partial charge in [-0.25, -0.2) is 0 Å². The number of nitrogens with zero attached hydrogens (tertiary/aromatic N) is 1. The molecule has 5 nitrogen and oxygen atoms in total. The molecule has 0 unspecified atom stereocenters. The lowest BCUT2D eigenvalue weighted by molar-refractivity contribution is 0.100. The summed E-state index contributed by atoms with van der Waals surface area (Å²) in [4.78, 5) is 11.5. The van der Waals surface area contributed by atoms with E-state index in [1.54, 1.807) is 12.1 Å². The Morgan fingerprint density at radius 1 is 0.900 bits per heavy atom. The fourth-order valence-electron chi connectivity index (χ4n) is 3.68. The van der Waals surface area contributed by atoms with Gasteiger partial charge in [0.25, 0.3) is 0 Å². The Kier molecular flexibility index (Phi) is 5.72. The highest BCUT2D eigenvalue weighted by molar-refractivity contribution is 5.99. The van der Waals surface area contributed by atoms with E-state index in [-0.39, 0.29) is 6.10 Å². The van der Waals surface area contributed by atoms with Gasteiger partial charge in [0, 0.05) is 16.7 Å². The van der Waals surface area contributed by atoms with Gasteiger partial charge < -0.3 is 10.8 Å². The SMILES string of the molecule is NC(=O)c1ccccc1-c1cc(-c2ccccc2)n[nH]1.OC1Cc2ccccc2C1. The fourth-order valence-corrected chi connectivity index (χ4v) is 3.68. The summed E-state index contributed by atoms with van der Waals surface area (Å²) in [6.45, 7) is 0. The zero-order valence-corrected chi connectivity index (χ0v) is 16.5. The predicted octanol–water partition coefficient (Wildman–Crippen LogP) is 3.99. The molecule has 1 aliphatic rings. The van der Waals surface area contributed by atoms with Crippen LogP contribution in [0.3, 0.4) is 0 Å². The number of aromatic amines is 1. The summed E-state index contributed by atoms with van der Waals surface area (Å²) in [5.74, 6) is -0.448. The van der Waals surface area contributed by atoms with Crippen molar-refractivity contribution in [2.45, 2.75) is 18.9 Å². The third kappa shape index (κ3) is 4.31. The van der Waals surface area contributed by atoms with Gasteiger partial charge in [-0.05, 0) is 36.1 Å². The van der Waals surface area contributed by atoms with Crippen molar-refractivity contribution in [3.63, 3.8) is 0 Å². The number of carbonyl (C=O) groups excluding carboxylic acids is 1. The van der Waals surface area contributed by atoms with Gasteiger partial charge >= 0.3 is 0 Å². The molecule has 0 aliphatic heterocycles. The van der Waals surface area contributed by atoms with Crippen LogP contribution in [0.5, 0.6) is 0 Å². The Balaban J connectivity index is 0.000000181.